The highest BCUT2D eigenvalue weighted by molar-refractivity contribution is 5.93. The fraction of sp³-hybridized carbons (Fsp3) is 0.200. The van der Waals surface area contributed by atoms with Gasteiger partial charge in [-0.15, -0.1) is 0 Å². The quantitative estimate of drug-likeness (QED) is 0.510. The SMILES string of the molecule is Cc1cc(C)c(NC(=O)Cn2c(=O)n(Cc3ccc(F)cc3)c(=O)c3ncccc32)c(C)c1. The van der Waals surface area contributed by atoms with E-state index < -0.39 is 23.0 Å². The molecule has 33 heavy (non-hydrogen) atoms. The third-order valence-corrected chi connectivity index (χ3v) is 5.48. The molecule has 0 aliphatic heterocycles. The van der Waals surface area contributed by atoms with E-state index in [4.69, 9.17) is 0 Å². The third-order valence-electron chi connectivity index (χ3n) is 5.48. The van der Waals surface area contributed by atoms with E-state index >= 15 is 0 Å². The average molecular weight is 446 g/mol. The van der Waals surface area contributed by atoms with Crippen LogP contribution in [0.3, 0.4) is 0 Å². The molecule has 0 saturated heterocycles. The van der Waals surface area contributed by atoms with Crippen molar-refractivity contribution < 1.29 is 9.18 Å². The van der Waals surface area contributed by atoms with E-state index in [1.165, 1.54) is 35.0 Å². The smallest absolute Gasteiger partial charge is 0.324 e. The maximum Gasteiger partial charge on any atom is 0.332 e. The third kappa shape index (κ3) is 4.45. The van der Waals surface area contributed by atoms with Crippen LogP contribution < -0.4 is 16.6 Å². The summed E-state index contributed by atoms with van der Waals surface area (Å²) in [4.78, 5) is 43.4. The number of hydrogen-bond donors (Lipinski definition) is 1. The predicted octanol–water partition coefficient (Wildman–Crippen LogP) is 3.31. The van der Waals surface area contributed by atoms with Crippen LogP contribution in [0.1, 0.15) is 22.3 Å². The Morgan fingerprint density at radius 3 is 2.33 bits per heavy atom. The van der Waals surface area contributed by atoms with Crippen molar-refractivity contribution in [3.05, 3.63) is 104 Å². The molecule has 0 aliphatic carbocycles. The Hall–Kier alpha value is -4.07. The molecule has 0 fully saturated rings. The summed E-state index contributed by atoms with van der Waals surface area (Å²) < 4.78 is 15.5. The molecule has 0 aliphatic rings. The van der Waals surface area contributed by atoms with Gasteiger partial charge in [0.25, 0.3) is 5.56 Å². The van der Waals surface area contributed by atoms with E-state index in [1.807, 2.05) is 32.9 Å². The van der Waals surface area contributed by atoms with Crippen LogP contribution in [0.25, 0.3) is 11.0 Å². The summed E-state index contributed by atoms with van der Waals surface area (Å²) in [6.45, 7) is 5.43. The summed E-state index contributed by atoms with van der Waals surface area (Å²) in [5, 5.41) is 2.89. The number of hydrogen-bond acceptors (Lipinski definition) is 4. The summed E-state index contributed by atoms with van der Waals surface area (Å²) in [6, 6.07) is 12.7. The molecule has 2 heterocycles. The van der Waals surface area contributed by atoms with Crippen molar-refractivity contribution in [3.8, 4) is 0 Å². The van der Waals surface area contributed by atoms with Crippen molar-refractivity contribution in [2.45, 2.75) is 33.9 Å². The van der Waals surface area contributed by atoms with Crippen LogP contribution in [0.15, 0.2) is 64.3 Å². The van der Waals surface area contributed by atoms with E-state index in [0.29, 0.717) is 11.3 Å². The maximum absolute atomic E-state index is 13.3. The van der Waals surface area contributed by atoms with Gasteiger partial charge in [-0.05, 0) is 61.7 Å². The molecule has 7 nitrogen and oxygen atoms in total. The lowest BCUT2D eigenvalue weighted by Crippen LogP contribution is -2.42. The number of pyridine rings is 1. The van der Waals surface area contributed by atoms with Gasteiger partial charge in [-0.3, -0.25) is 18.7 Å². The van der Waals surface area contributed by atoms with Crippen LogP contribution >= 0.6 is 0 Å². The van der Waals surface area contributed by atoms with Gasteiger partial charge in [0, 0.05) is 11.9 Å². The van der Waals surface area contributed by atoms with Gasteiger partial charge in [-0.1, -0.05) is 29.8 Å². The van der Waals surface area contributed by atoms with E-state index in [1.54, 1.807) is 12.1 Å². The van der Waals surface area contributed by atoms with E-state index in [2.05, 4.69) is 10.3 Å². The fourth-order valence-corrected chi connectivity index (χ4v) is 4.01. The first-order valence-corrected chi connectivity index (χ1v) is 10.4. The first kappa shape index (κ1) is 22.1. The molecule has 0 unspecified atom stereocenters. The zero-order chi connectivity index (χ0) is 23.7. The number of amides is 1. The van der Waals surface area contributed by atoms with Crippen molar-refractivity contribution >= 4 is 22.6 Å². The van der Waals surface area contributed by atoms with Crippen molar-refractivity contribution in [1.82, 2.24) is 14.1 Å². The highest BCUT2D eigenvalue weighted by atomic mass is 19.1. The summed E-state index contributed by atoms with van der Waals surface area (Å²) >= 11 is 0. The molecule has 0 saturated carbocycles. The molecule has 8 heteroatoms. The second-order valence-electron chi connectivity index (χ2n) is 8.08. The number of rotatable bonds is 5. The molecule has 0 radical (unpaired) electrons. The molecule has 0 bridgehead atoms. The highest BCUT2D eigenvalue weighted by Crippen LogP contribution is 2.22. The van der Waals surface area contributed by atoms with Gasteiger partial charge in [-0.2, -0.15) is 0 Å². The number of nitrogens with one attached hydrogen (secondary N) is 1. The molecule has 168 valence electrons. The molecule has 2 aromatic heterocycles. The highest BCUT2D eigenvalue weighted by Gasteiger charge is 2.17. The average Bonchev–Trinajstić information content (AvgIpc) is 2.78. The first-order valence-electron chi connectivity index (χ1n) is 10.4. The van der Waals surface area contributed by atoms with Crippen LogP contribution in [-0.2, 0) is 17.9 Å². The zero-order valence-electron chi connectivity index (χ0n) is 18.6. The molecule has 1 N–H and O–H groups in total. The fourth-order valence-electron chi connectivity index (χ4n) is 4.01. The minimum absolute atomic E-state index is 0.0672. The van der Waals surface area contributed by atoms with E-state index in [0.717, 1.165) is 21.3 Å². The second-order valence-corrected chi connectivity index (χ2v) is 8.08. The van der Waals surface area contributed by atoms with Crippen LogP contribution in [0, 0.1) is 26.6 Å². The van der Waals surface area contributed by atoms with Gasteiger partial charge in [0.1, 0.15) is 12.4 Å². The number of anilines is 1. The standard InChI is InChI=1S/C25H23FN4O3/c1-15-11-16(2)22(17(3)12-15)28-21(31)14-29-20-5-4-10-27-23(20)24(32)30(25(29)33)13-18-6-8-19(26)9-7-18/h4-12H,13-14H2,1-3H3,(H,28,31). The normalized spacial score (nSPS) is 11.0. The van der Waals surface area contributed by atoms with Crippen molar-refractivity contribution in [1.29, 1.82) is 0 Å². The van der Waals surface area contributed by atoms with Crippen LogP contribution in [0.4, 0.5) is 10.1 Å². The van der Waals surface area contributed by atoms with Crippen molar-refractivity contribution in [2.75, 3.05) is 5.32 Å². The Bertz CT molecular complexity index is 1460. The molecule has 2 aromatic carbocycles. The number of aryl methyl sites for hydroxylation is 3. The lowest BCUT2D eigenvalue weighted by molar-refractivity contribution is -0.116. The number of carbonyl (C=O) groups excluding carboxylic acids is 1. The zero-order valence-corrected chi connectivity index (χ0v) is 18.6. The summed E-state index contributed by atoms with van der Waals surface area (Å²) in [6.07, 6.45) is 1.46. The first-order chi connectivity index (χ1) is 15.7. The molecular weight excluding hydrogens is 423 g/mol. The van der Waals surface area contributed by atoms with Gasteiger partial charge in [-0.25, -0.2) is 14.2 Å². The molecular formula is C25H23FN4O3. The molecule has 0 atom stereocenters. The Morgan fingerprint density at radius 2 is 1.67 bits per heavy atom. The lowest BCUT2D eigenvalue weighted by Gasteiger charge is -2.16. The van der Waals surface area contributed by atoms with Gasteiger partial charge >= 0.3 is 5.69 Å². The lowest BCUT2D eigenvalue weighted by atomic mass is 10.1. The van der Waals surface area contributed by atoms with Crippen LogP contribution in [0.5, 0.6) is 0 Å². The van der Waals surface area contributed by atoms with Crippen LogP contribution in [-0.4, -0.2) is 20.0 Å². The van der Waals surface area contributed by atoms with Crippen molar-refractivity contribution in [3.63, 3.8) is 0 Å². The number of aromatic nitrogens is 3. The van der Waals surface area contributed by atoms with Gasteiger partial charge in [0.2, 0.25) is 5.91 Å². The number of halogens is 1. The van der Waals surface area contributed by atoms with Gasteiger partial charge in [0.05, 0.1) is 12.1 Å². The molecule has 4 rings (SSSR count). The summed E-state index contributed by atoms with van der Waals surface area (Å²) in [7, 11) is 0. The van der Waals surface area contributed by atoms with Gasteiger partial charge in [0.15, 0.2) is 5.52 Å². The Labute approximate surface area is 189 Å². The Kier molecular flexibility index (Phi) is 5.91. The summed E-state index contributed by atoms with van der Waals surface area (Å²) in [5.74, 6) is -0.814. The largest absolute Gasteiger partial charge is 0.332 e. The molecule has 0 spiro atoms. The number of carbonyl (C=O) groups is 1. The predicted molar refractivity (Wildman–Crippen MR) is 125 cm³/mol. The summed E-state index contributed by atoms with van der Waals surface area (Å²) in [5.41, 5.74) is 3.34. The second kappa shape index (κ2) is 8.82. The van der Waals surface area contributed by atoms with Gasteiger partial charge < -0.3 is 5.32 Å². The number of fused-ring (bicyclic) bond motifs is 1. The number of nitrogens with zero attached hydrogens (tertiary/aromatic N) is 3. The number of benzene rings is 2. The Morgan fingerprint density at radius 1 is 1.00 bits per heavy atom. The minimum atomic E-state index is -0.641. The van der Waals surface area contributed by atoms with E-state index in [-0.39, 0.29) is 24.1 Å². The van der Waals surface area contributed by atoms with Crippen LogP contribution in [0.2, 0.25) is 0 Å². The topological polar surface area (TPSA) is 86.0 Å². The maximum atomic E-state index is 13.3. The minimum Gasteiger partial charge on any atom is -0.324 e. The monoisotopic (exact) mass is 446 g/mol. The van der Waals surface area contributed by atoms with Crippen molar-refractivity contribution in [2.24, 2.45) is 0 Å². The molecule has 1 amide bonds. The Balaban J connectivity index is 1.75. The molecule has 4 aromatic rings. The van der Waals surface area contributed by atoms with E-state index in [9.17, 15) is 18.8 Å².